The van der Waals surface area contributed by atoms with Crippen LogP contribution in [0.2, 0.25) is 3.98 Å². The maximum absolute atomic E-state index is 10.9. The van der Waals surface area contributed by atoms with E-state index in [-0.39, 0.29) is 12.5 Å². The second-order valence-corrected chi connectivity index (χ2v) is 3.60. The molecular weight excluding hydrogens is 355 g/mol. The van der Waals surface area contributed by atoms with Crippen molar-refractivity contribution >= 4 is 44.4 Å². The van der Waals surface area contributed by atoms with Gasteiger partial charge in [0.05, 0.1) is 0 Å². The number of carbonyl (C=O) groups excluding carboxylic acids is 3. The molecule has 0 aliphatic carbocycles. The Labute approximate surface area is 86.0 Å². The van der Waals surface area contributed by atoms with E-state index in [9.17, 15) is 14.4 Å². The van der Waals surface area contributed by atoms with Gasteiger partial charge in [-0.1, -0.05) is 0 Å². The average Bonchev–Trinajstić information content (AvgIpc) is 2.10. The van der Waals surface area contributed by atoms with Crippen LogP contribution >= 0.6 is 0 Å². The maximum atomic E-state index is 10.9. The number of hydrogen-bond donors (Lipinski definition) is 2. The fourth-order valence-electron chi connectivity index (χ4n) is 0.525. The van der Waals surface area contributed by atoms with Gasteiger partial charge in [0.15, 0.2) is 0 Å². The molecular formula is C6H9N2O3Pb. The molecule has 0 heterocycles. The van der Waals surface area contributed by atoms with Gasteiger partial charge in [0.2, 0.25) is 0 Å². The molecule has 0 rings (SSSR count). The molecule has 0 aliphatic heterocycles. The molecule has 0 aromatic rings. The third-order valence-electron chi connectivity index (χ3n) is 1.08. The minimum atomic E-state index is -0.391. The third-order valence-corrected chi connectivity index (χ3v) is 2.79. The van der Waals surface area contributed by atoms with Gasteiger partial charge in [0.25, 0.3) is 0 Å². The summed E-state index contributed by atoms with van der Waals surface area (Å²) >= 11 is 0.856. The fourth-order valence-corrected chi connectivity index (χ4v) is 1.30. The van der Waals surface area contributed by atoms with Gasteiger partial charge in [-0.15, -0.1) is 0 Å². The van der Waals surface area contributed by atoms with Gasteiger partial charge >= 0.3 is 86.0 Å². The molecule has 0 fully saturated rings. The molecule has 0 aliphatic rings. The first-order valence-electron chi connectivity index (χ1n) is 3.31. The van der Waals surface area contributed by atoms with E-state index in [0.29, 0.717) is 16.7 Å². The molecule has 1 unspecified atom stereocenters. The van der Waals surface area contributed by atoms with Crippen LogP contribution < -0.4 is 10.6 Å². The monoisotopic (exact) mass is 365 g/mol. The Balaban J connectivity index is 3.65. The molecule has 0 aromatic carbocycles. The van der Waals surface area contributed by atoms with E-state index < -0.39 is 6.04 Å². The number of carbonyl (C=O) groups is 3. The van der Waals surface area contributed by atoms with E-state index >= 15 is 0 Å². The van der Waals surface area contributed by atoms with Gasteiger partial charge in [-0.2, -0.15) is 0 Å². The van der Waals surface area contributed by atoms with Crippen molar-refractivity contribution in [2.45, 2.75) is 10.0 Å². The molecule has 0 bridgehead atoms. The van der Waals surface area contributed by atoms with Crippen LogP contribution in [0.1, 0.15) is 0 Å². The first kappa shape index (κ1) is 11.5. The second kappa shape index (κ2) is 7.20. The van der Waals surface area contributed by atoms with Crippen LogP contribution in [0.3, 0.4) is 0 Å². The van der Waals surface area contributed by atoms with Crippen LogP contribution in [0, 0.1) is 0 Å². The SMILES string of the molecule is O=CNCC(=O)NC(C=O)[CH2][Pb]. The van der Waals surface area contributed by atoms with Crippen molar-refractivity contribution in [3.63, 3.8) is 0 Å². The summed E-state index contributed by atoms with van der Waals surface area (Å²) in [4.78, 5) is 30.9. The summed E-state index contributed by atoms with van der Waals surface area (Å²) in [6.45, 7) is -0.0740. The summed E-state index contributed by atoms with van der Waals surface area (Å²) in [5, 5.41) is 4.66. The van der Waals surface area contributed by atoms with Crippen LogP contribution in [-0.2, 0) is 14.4 Å². The third kappa shape index (κ3) is 5.22. The zero-order valence-corrected chi connectivity index (χ0v) is 10.3. The zero-order chi connectivity index (χ0) is 9.40. The summed E-state index contributed by atoms with van der Waals surface area (Å²) < 4.78 is 0.691. The van der Waals surface area contributed by atoms with E-state index in [4.69, 9.17) is 0 Å². The number of rotatable bonds is 6. The van der Waals surface area contributed by atoms with Gasteiger partial charge in [-0.05, 0) is 0 Å². The van der Waals surface area contributed by atoms with Crippen molar-refractivity contribution < 1.29 is 14.4 Å². The predicted molar refractivity (Wildman–Crippen MR) is 42.6 cm³/mol. The molecule has 0 saturated carbocycles. The topological polar surface area (TPSA) is 75.3 Å². The Hall–Kier alpha value is -0.468. The van der Waals surface area contributed by atoms with Gasteiger partial charge in [0.1, 0.15) is 0 Å². The van der Waals surface area contributed by atoms with E-state index in [1.165, 1.54) is 0 Å². The van der Waals surface area contributed by atoms with E-state index in [0.717, 1.165) is 25.8 Å². The number of nitrogens with one attached hydrogen (secondary N) is 2. The van der Waals surface area contributed by atoms with Gasteiger partial charge in [0, 0.05) is 0 Å². The molecule has 1 atom stereocenters. The van der Waals surface area contributed by atoms with Crippen molar-refractivity contribution in [2.24, 2.45) is 0 Å². The van der Waals surface area contributed by atoms with Crippen molar-refractivity contribution in [3.8, 4) is 0 Å². The van der Waals surface area contributed by atoms with Crippen LogP contribution in [0.4, 0.5) is 0 Å². The van der Waals surface area contributed by atoms with Gasteiger partial charge < -0.3 is 0 Å². The van der Waals surface area contributed by atoms with E-state index in [2.05, 4.69) is 10.6 Å². The molecule has 0 spiro atoms. The fraction of sp³-hybridized carbons (Fsp3) is 0.500. The second-order valence-electron chi connectivity index (χ2n) is 2.01. The van der Waals surface area contributed by atoms with E-state index in [1.54, 1.807) is 0 Å². The Morgan fingerprint density at radius 2 is 2.17 bits per heavy atom. The predicted octanol–water partition coefficient (Wildman–Crippen LogP) is -2.00. The number of amides is 2. The molecule has 2 N–H and O–H groups in total. The van der Waals surface area contributed by atoms with Crippen molar-refractivity contribution in [3.05, 3.63) is 0 Å². The average molecular weight is 364 g/mol. The molecule has 6 heteroatoms. The summed E-state index contributed by atoms with van der Waals surface area (Å²) in [6.07, 6.45) is 1.14. The molecule has 0 saturated heterocycles. The Morgan fingerprint density at radius 3 is 2.58 bits per heavy atom. The first-order valence-corrected chi connectivity index (χ1v) is 6.05. The van der Waals surface area contributed by atoms with Crippen LogP contribution in [0.5, 0.6) is 0 Å². The van der Waals surface area contributed by atoms with Gasteiger partial charge in [-0.25, -0.2) is 0 Å². The summed E-state index contributed by atoms with van der Waals surface area (Å²) in [6, 6.07) is -0.391. The van der Waals surface area contributed by atoms with Crippen molar-refractivity contribution in [1.82, 2.24) is 10.6 Å². The quantitative estimate of drug-likeness (QED) is 0.423. The first-order chi connectivity index (χ1) is 5.74. The molecule has 5 nitrogen and oxygen atoms in total. The van der Waals surface area contributed by atoms with E-state index in [1.807, 2.05) is 0 Å². The van der Waals surface area contributed by atoms with Crippen LogP contribution in [0.25, 0.3) is 0 Å². The number of hydrogen-bond acceptors (Lipinski definition) is 3. The van der Waals surface area contributed by atoms with Gasteiger partial charge in [-0.3, -0.25) is 0 Å². The molecule has 3 radical (unpaired) electrons. The summed E-state index contributed by atoms with van der Waals surface area (Å²) in [5.74, 6) is -0.338. The van der Waals surface area contributed by atoms with Crippen molar-refractivity contribution in [1.29, 1.82) is 0 Å². The molecule has 0 aromatic heterocycles. The normalized spacial score (nSPS) is 11.4. The molecule has 12 heavy (non-hydrogen) atoms. The molecule has 2 amide bonds. The molecule has 65 valence electrons. The zero-order valence-electron chi connectivity index (χ0n) is 6.37. The summed E-state index contributed by atoms with van der Waals surface area (Å²) in [7, 11) is 0. The standard InChI is InChI=1S/C6H9N2O3.Pb/c1-5(3-9)8-6(11)2-7-4-10;/h3-5H,1-2H2,(H,7,10)(H,8,11);. The van der Waals surface area contributed by atoms with Crippen LogP contribution in [0.15, 0.2) is 0 Å². The Morgan fingerprint density at radius 1 is 1.50 bits per heavy atom. The number of aldehydes is 1. The Kier molecular flexibility index (Phi) is 6.92. The Bertz CT molecular complexity index is 174. The minimum absolute atomic E-state index is 0.0740. The van der Waals surface area contributed by atoms with Crippen LogP contribution in [-0.4, -0.2) is 57.0 Å². The summed E-state index contributed by atoms with van der Waals surface area (Å²) in [5.41, 5.74) is 0. The van der Waals surface area contributed by atoms with Crippen molar-refractivity contribution in [2.75, 3.05) is 6.54 Å².